The van der Waals surface area contributed by atoms with Crippen LogP contribution in [0.5, 0.6) is 0 Å². The van der Waals surface area contributed by atoms with E-state index in [0.717, 1.165) is 27.3 Å². The number of benzene rings is 1. The first-order valence-electron chi connectivity index (χ1n) is 6.76. The number of nitrogens with one attached hydrogen (secondary N) is 1. The number of aromatic nitrogens is 2. The molecule has 1 saturated carbocycles. The number of anilines is 1. The third-order valence-electron chi connectivity index (χ3n) is 3.27. The first-order valence-corrected chi connectivity index (χ1v) is 8.22. The summed E-state index contributed by atoms with van der Waals surface area (Å²) in [6, 6.07) is 7.71. The molecule has 1 aromatic heterocycles. The van der Waals surface area contributed by atoms with Crippen LogP contribution in [0.3, 0.4) is 0 Å². The van der Waals surface area contributed by atoms with Crippen LogP contribution in [0.2, 0.25) is 5.02 Å². The summed E-state index contributed by atoms with van der Waals surface area (Å²) >= 11 is 8.42. The maximum absolute atomic E-state index is 6.07. The SMILES string of the molecule is CCNc1nc(-c2cccc(Cl)c2)nc(C2CC2)c1I. The van der Waals surface area contributed by atoms with E-state index in [2.05, 4.69) is 39.8 Å². The molecule has 1 N–H and O–H groups in total. The van der Waals surface area contributed by atoms with Gasteiger partial charge < -0.3 is 5.32 Å². The van der Waals surface area contributed by atoms with E-state index >= 15 is 0 Å². The fourth-order valence-corrected chi connectivity index (χ4v) is 3.20. The maximum atomic E-state index is 6.07. The highest BCUT2D eigenvalue weighted by atomic mass is 127. The second kappa shape index (κ2) is 5.85. The standard InChI is InChI=1S/C15H15ClIN3/c1-2-18-15-12(17)13(9-6-7-9)19-14(20-15)10-4-3-5-11(16)8-10/h3-5,8-9H,2,6-7H2,1H3,(H,18,19,20). The normalized spacial score (nSPS) is 14.3. The Labute approximate surface area is 137 Å². The van der Waals surface area contributed by atoms with Gasteiger partial charge in [-0.05, 0) is 54.5 Å². The van der Waals surface area contributed by atoms with Crippen molar-refractivity contribution in [3.63, 3.8) is 0 Å². The lowest BCUT2D eigenvalue weighted by molar-refractivity contribution is 0.972. The first-order chi connectivity index (χ1) is 9.69. The molecule has 0 aliphatic heterocycles. The van der Waals surface area contributed by atoms with Crippen molar-refractivity contribution in [2.75, 3.05) is 11.9 Å². The van der Waals surface area contributed by atoms with Gasteiger partial charge in [0.15, 0.2) is 5.82 Å². The van der Waals surface area contributed by atoms with Crippen LogP contribution in [0.15, 0.2) is 24.3 Å². The molecule has 0 atom stereocenters. The Bertz CT molecular complexity index is 641. The molecular formula is C15H15ClIN3. The molecule has 1 heterocycles. The molecule has 2 aromatic rings. The molecule has 20 heavy (non-hydrogen) atoms. The topological polar surface area (TPSA) is 37.8 Å². The van der Waals surface area contributed by atoms with Crippen molar-refractivity contribution < 1.29 is 0 Å². The van der Waals surface area contributed by atoms with E-state index in [1.807, 2.05) is 24.3 Å². The Morgan fingerprint density at radius 2 is 2.15 bits per heavy atom. The van der Waals surface area contributed by atoms with E-state index in [1.54, 1.807) is 0 Å². The molecule has 1 aliphatic carbocycles. The van der Waals surface area contributed by atoms with Crippen molar-refractivity contribution in [2.24, 2.45) is 0 Å². The van der Waals surface area contributed by atoms with Crippen LogP contribution >= 0.6 is 34.2 Å². The minimum atomic E-state index is 0.597. The lowest BCUT2D eigenvalue weighted by Gasteiger charge is -2.12. The zero-order valence-electron chi connectivity index (χ0n) is 11.2. The molecule has 104 valence electrons. The molecule has 0 amide bonds. The second-order valence-electron chi connectivity index (χ2n) is 4.91. The third kappa shape index (κ3) is 2.91. The van der Waals surface area contributed by atoms with Gasteiger partial charge in [0.05, 0.1) is 9.26 Å². The van der Waals surface area contributed by atoms with E-state index in [4.69, 9.17) is 16.6 Å². The van der Waals surface area contributed by atoms with Gasteiger partial charge in [0.2, 0.25) is 0 Å². The minimum Gasteiger partial charge on any atom is -0.369 e. The minimum absolute atomic E-state index is 0.597. The number of nitrogens with zero attached hydrogens (tertiary/aromatic N) is 2. The van der Waals surface area contributed by atoms with E-state index in [1.165, 1.54) is 18.5 Å². The number of hydrogen-bond donors (Lipinski definition) is 1. The van der Waals surface area contributed by atoms with Crippen LogP contribution in [-0.4, -0.2) is 16.5 Å². The molecule has 1 fully saturated rings. The molecule has 0 saturated heterocycles. The van der Waals surface area contributed by atoms with Gasteiger partial charge in [0, 0.05) is 23.0 Å². The van der Waals surface area contributed by atoms with Gasteiger partial charge in [0.1, 0.15) is 5.82 Å². The summed E-state index contributed by atoms with van der Waals surface area (Å²) in [5, 5.41) is 4.04. The van der Waals surface area contributed by atoms with Gasteiger partial charge >= 0.3 is 0 Å². The lowest BCUT2D eigenvalue weighted by Crippen LogP contribution is -2.07. The van der Waals surface area contributed by atoms with E-state index in [-0.39, 0.29) is 0 Å². The van der Waals surface area contributed by atoms with Gasteiger partial charge in [-0.2, -0.15) is 0 Å². The molecule has 1 aliphatic rings. The average Bonchev–Trinajstić information content (AvgIpc) is 3.26. The predicted octanol–water partition coefficient (Wildman–Crippen LogP) is 4.71. The summed E-state index contributed by atoms with van der Waals surface area (Å²) in [5.41, 5.74) is 2.14. The van der Waals surface area contributed by atoms with Crippen LogP contribution in [0, 0.1) is 3.57 Å². The number of rotatable bonds is 4. The van der Waals surface area contributed by atoms with Crippen molar-refractivity contribution in [3.8, 4) is 11.4 Å². The Morgan fingerprint density at radius 1 is 1.35 bits per heavy atom. The van der Waals surface area contributed by atoms with Crippen LogP contribution in [0.1, 0.15) is 31.4 Å². The summed E-state index contributed by atoms with van der Waals surface area (Å²) in [6.07, 6.45) is 2.46. The van der Waals surface area contributed by atoms with Crippen LogP contribution in [-0.2, 0) is 0 Å². The molecule has 3 nitrogen and oxygen atoms in total. The van der Waals surface area contributed by atoms with Crippen LogP contribution < -0.4 is 5.32 Å². The van der Waals surface area contributed by atoms with Gasteiger partial charge in [-0.1, -0.05) is 23.7 Å². The maximum Gasteiger partial charge on any atom is 0.161 e. The van der Waals surface area contributed by atoms with Crippen molar-refractivity contribution in [3.05, 3.63) is 38.6 Å². The van der Waals surface area contributed by atoms with Crippen molar-refractivity contribution in [1.29, 1.82) is 0 Å². The van der Waals surface area contributed by atoms with Gasteiger partial charge in [-0.3, -0.25) is 0 Å². The molecule has 0 radical (unpaired) electrons. The summed E-state index contributed by atoms with van der Waals surface area (Å²) in [4.78, 5) is 9.43. The Kier molecular flexibility index (Phi) is 4.12. The van der Waals surface area contributed by atoms with Gasteiger partial charge in [0.25, 0.3) is 0 Å². The fraction of sp³-hybridized carbons (Fsp3) is 0.333. The molecule has 0 bridgehead atoms. The largest absolute Gasteiger partial charge is 0.369 e. The lowest BCUT2D eigenvalue weighted by atomic mass is 10.2. The van der Waals surface area contributed by atoms with E-state index in [0.29, 0.717) is 10.9 Å². The van der Waals surface area contributed by atoms with E-state index in [9.17, 15) is 0 Å². The molecule has 3 rings (SSSR count). The Balaban J connectivity index is 2.10. The van der Waals surface area contributed by atoms with Gasteiger partial charge in [-0.25, -0.2) is 9.97 Å². The highest BCUT2D eigenvalue weighted by molar-refractivity contribution is 14.1. The predicted molar refractivity (Wildman–Crippen MR) is 91.3 cm³/mol. The van der Waals surface area contributed by atoms with Crippen molar-refractivity contribution in [2.45, 2.75) is 25.7 Å². The zero-order chi connectivity index (χ0) is 14.1. The number of hydrogen-bond acceptors (Lipinski definition) is 3. The molecule has 5 heteroatoms. The quantitative estimate of drug-likeness (QED) is 0.757. The monoisotopic (exact) mass is 399 g/mol. The van der Waals surface area contributed by atoms with E-state index < -0.39 is 0 Å². The molecule has 0 spiro atoms. The zero-order valence-corrected chi connectivity index (χ0v) is 14.1. The summed E-state index contributed by atoms with van der Waals surface area (Å²) in [6.45, 7) is 2.93. The molecular weight excluding hydrogens is 385 g/mol. The first kappa shape index (κ1) is 14.1. The summed E-state index contributed by atoms with van der Waals surface area (Å²) < 4.78 is 1.15. The summed E-state index contributed by atoms with van der Waals surface area (Å²) in [7, 11) is 0. The smallest absolute Gasteiger partial charge is 0.161 e. The number of halogens is 2. The fourth-order valence-electron chi connectivity index (χ4n) is 2.13. The highest BCUT2D eigenvalue weighted by Crippen LogP contribution is 2.43. The molecule has 1 aromatic carbocycles. The Hall–Kier alpha value is -0.880. The third-order valence-corrected chi connectivity index (χ3v) is 4.57. The second-order valence-corrected chi connectivity index (χ2v) is 6.43. The van der Waals surface area contributed by atoms with Crippen LogP contribution in [0.25, 0.3) is 11.4 Å². The van der Waals surface area contributed by atoms with Crippen molar-refractivity contribution >= 4 is 40.0 Å². The Morgan fingerprint density at radius 3 is 2.80 bits per heavy atom. The van der Waals surface area contributed by atoms with Crippen LogP contribution in [0.4, 0.5) is 5.82 Å². The summed E-state index contributed by atoms with van der Waals surface area (Å²) in [5.74, 6) is 2.28. The average molecular weight is 400 g/mol. The van der Waals surface area contributed by atoms with Gasteiger partial charge in [-0.15, -0.1) is 0 Å². The highest BCUT2D eigenvalue weighted by Gasteiger charge is 2.29. The van der Waals surface area contributed by atoms with Crippen molar-refractivity contribution in [1.82, 2.24) is 9.97 Å². The molecule has 0 unspecified atom stereocenters.